The molecule has 0 aliphatic heterocycles. The fraction of sp³-hybridized carbons (Fsp3) is 0.333. The monoisotopic (exact) mass is 584 g/mol. The van der Waals surface area contributed by atoms with Crippen LogP contribution in [0, 0.1) is 40.7 Å². The van der Waals surface area contributed by atoms with Crippen molar-refractivity contribution in [3.8, 4) is 29.2 Å². The number of nitriles is 1. The normalized spacial score (nSPS) is 17.7. The number of esters is 2. The van der Waals surface area contributed by atoms with Gasteiger partial charge in [0.15, 0.2) is 11.5 Å². The Kier molecular flexibility index (Phi) is 9.85. The standard InChI is InChI=1S/C30H27F3N2O7/c1-3-38-29(36)20-13-19(14-21(20)30(37)39-4-2)41-26-24(31)27(33)35-28(25(26)32)42-23-12-18(15-34)10-11-22(23)40-16-17-8-6-5-7-9-17/h5-12,19-21H,3-4,13-14,16H2,1-2H3. The third-order valence-corrected chi connectivity index (χ3v) is 6.47. The van der Waals surface area contributed by atoms with Gasteiger partial charge in [-0.2, -0.15) is 23.4 Å². The maximum Gasteiger partial charge on any atom is 0.309 e. The lowest BCUT2D eigenvalue weighted by atomic mass is 9.96. The lowest BCUT2D eigenvalue weighted by Gasteiger charge is -2.17. The molecule has 4 rings (SSSR count). The maximum absolute atomic E-state index is 15.6. The Bertz CT molecular complexity index is 1450. The van der Waals surface area contributed by atoms with E-state index in [-0.39, 0.29) is 49.7 Å². The summed E-state index contributed by atoms with van der Waals surface area (Å²) in [5.41, 5.74) is 0.928. The van der Waals surface area contributed by atoms with Crippen molar-refractivity contribution in [1.29, 1.82) is 5.26 Å². The second-order valence-electron chi connectivity index (χ2n) is 9.24. The number of halogens is 3. The van der Waals surface area contributed by atoms with E-state index in [2.05, 4.69) is 4.98 Å². The van der Waals surface area contributed by atoms with Crippen molar-refractivity contribution in [3.63, 3.8) is 0 Å². The summed E-state index contributed by atoms with van der Waals surface area (Å²) in [6.07, 6.45) is -1.34. The zero-order valence-electron chi connectivity index (χ0n) is 22.8. The number of ether oxygens (including phenoxy) is 5. The summed E-state index contributed by atoms with van der Waals surface area (Å²) in [4.78, 5) is 28.2. The van der Waals surface area contributed by atoms with Gasteiger partial charge in [-0.1, -0.05) is 30.3 Å². The molecule has 2 atom stereocenters. The lowest BCUT2D eigenvalue weighted by Crippen LogP contribution is -2.28. The molecule has 2 unspecified atom stereocenters. The Morgan fingerprint density at radius 2 is 1.57 bits per heavy atom. The highest BCUT2D eigenvalue weighted by Crippen LogP contribution is 2.41. The fourth-order valence-electron chi connectivity index (χ4n) is 4.54. The summed E-state index contributed by atoms with van der Waals surface area (Å²) in [7, 11) is 0. The summed E-state index contributed by atoms with van der Waals surface area (Å²) >= 11 is 0. The van der Waals surface area contributed by atoms with Crippen LogP contribution in [0.15, 0.2) is 48.5 Å². The predicted octanol–water partition coefficient (Wildman–Crippen LogP) is 5.64. The number of aromatic nitrogens is 1. The van der Waals surface area contributed by atoms with Crippen LogP contribution in [0.1, 0.15) is 37.8 Å². The molecule has 1 fully saturated rings. The van der Waals surface area contributed by atoms with Crippen molar-refractivity contribution in [2.75, 3.05) is 13.2 Å². The van der Waals surface area contributed by atoms with E-state index in [9.17, 15) is 23.6 Å². The third kappa shape index (κ3) is 6.91. The zero-order valence-corrected chi connectivity index (χ0v) is 22.8. The highest BCUT2D eigenvalue weighted by atomic mass is 19.2. The van der Waals surface area contributed by atoms with Gasteiger partial charge in [0.1, 0.15) is 12.7 Å². The first-order valence-electron chi connectivity index (χ1n) is 13.2. The SMILES string of the molecule is CCOC(=O)C1CC(Oc2c(F)c(F)nc(Oc3cc(C#N)ccc3OCc3ccccc3)c2F)CC1C(=O)OCC. The van der Waals surface area contributed by atoms with Crippen molar-refractivity contribution in [2.45, 2.75) is 39.4 Å². The molecule has 2 aromatic carbocycles. The van der Waals surface area contributed by atoms with E-state index in [0.717, 1.165) is 5.56 Å². The first-order valence-corrected chi connectivity index (χ1v) is 13.2. The lowest BCUT2D eigenvalue weighted by molar-refractivity contribution is -0.158. The number of nitrogens with zero attached hydrogens (tertiary/aromatic N) is 2. The van der Waals surface area contributed by atoms with Crippen molar-refractivity contribution < 1.29 is 46.4 Å². The van der Waals surface area contributed by atoms with Crippen LogP contribution >= 0.6 is 0 Å². The Balaban J connectivity index is 1.60. The zero-order chi connectivity index (χ0) is 30.2. The van der Waals surface area contributed by atoms with Gasteiger partial charge in [-0.3, -0.25) is 9.59 Å². The van der Waals surface area contributed by atoms with Crippen molar-refractivity contribution in [1.82, 2.24) is 4.98 Å². The summed E-state index contributed by atoms with van der Waals surface area (Å²) < 4.78 is 71.7. The Hall–Kier alpha value is -4.79. The quantitative estimate of drug-likeness (QED) is 0.208. The van der Waals surface area contributed by atoms with Gasteiger partial charge in [0, 0.05) is 6.07 Å². The molecule has 220 valence electrons. The molecule has 0 N–H and O–H groups in total. The van der Waals surface area contributed by atoms with Crippen LogP contribution in [0.3, 0.4) is 0 Å². The highest BCUT2D eigenvalue weighted by Gasteiger charge is 2.46. The van der Waals surface area contributed by atoms with E-state index in [1.807, 2.05) is 36.4 Å². The number of pyridine rings is 1. The minimum atomic E-state index is -1.72. The van der Waals surface area contributed by atoms with Gasteiger partial charge < -0.3 is 23.7 Å². The van der Waals surface area contributed by atoms with E-state index < -0.39 is 59.1 Å². The van der Waals surface area contributed by atoms with E-state index in [0.29, 0.717) is 0 Å². The van der Waals surface area contributed by atoms with Crippen LogP contribution in [-0.4, -0.2) is 36.2 Å². The predicted molar refractivity (Wildman–Crippen MR) is 140 cm³/mol. The van der Waals surface area contributed by atoms with Gasteiger partial charge in [-0.05, 0) is 44.4 Å². The van der Waals surface area contributed by atoms with E-state index in [1.165, 1.54) is 18.2 Å². The van der Waals surface area contributed by atoms with Crippen LogP contribution in [0.2, 0.25) is 0 Å². The molecule has 0 saturated heterocycles. The highest BCUT2D eigenvalue weighted by molar-refractivity contribution is 5.83. The van der Waals surface area contributed by atoms with Crippen LogP contribution in [0.25, 0.3) is 0 Å². The molecule has 1 heterocycles. The largest absolute Gasteiger partial charge is 0.485 e. The molecule has 0 radical (unpaired) electrons. The molecule has 42 heavy (non-hydrogen) atoms. The van der Waals surface area contributed by atoms with Crippen molar-refractivity contribution in [2.24, 2.45) is 11.8 Å². The number of carbonyl (C=O) groups is 2. The van der Waals surface area contributed by atoms with Crippen LogP contribution in [-0.2, 0) is 25.7 Å². The van der Waals surface area contributed by atoms with Crippen LogP contribution in [0.4, 0.5) is 13.2 Å². The minimum Gasteiger partial charge on any atom is -0.485 e. The molecule has 9 nitrogen and oxygen atoms in total. The summed E-state index contributed by atoms with van der Waals surface area (Å²) in [6, 6.07) is 15.1. The number of hydrogen-bond acceptors (Lipinski definition) is 9. The average molecular weight is 585 g/mol. The van der Waals surface area contributed by atoms with Crippen LogP contribution < -0.4 is 14.2 Å². The molecule has 0 bridgehead atoms. The molecule has 3 aromatic rings. The Labute approximate surface area is 239 Å². The van der Waals surface area contributed by atoms with Crippen molar-refractivity contribution in [3.05, 3.63) is 77.2 Å². The average Bonchev–Trinajstić information content (AvgIpc) is 3.42. The van der Waals surface area contributed by atoms with Gasteiger partial charge in [0.05, 0.1) is 36.7 Å². The fourth-order valence-corrected chi connectivity index (χ4v) is 4.54. The number of rotatable bonds is 11. The Morgan fingerprint density at radius 1 is 0.929 bits per heavy atom. The van der Waals surface area contributed by atoms with E-state index in [1.54, 1.807) is 13.8 Å². The van der Waals surface area contributed by atoms with Gasteiger partial charge >= 0.3 is 11.9 Å². The number of carbonyl (C=O) groups excluding carboxylic acids is 2. The summed E-state index contributed by atoms with van der Waals surface area (Å²) in [5, 5.41) is 9.32. The molecule has 0 spiro atoms. The molecule has 1 aromatic heterocycles. The minimum absolute atomic E-state index is 0.0555. The third-order valence-electron chi connectivity index (χ3n) is 6.47. The summed E-state index contributed by atoms with van der Waals surface area (Å²) in [5.74, 6) is -10.5. The molecular formula is C30H27F3N2O7. The van der Waals surface area contributed by atoms with E-state index >= 15 is 4.39 Å². The number of benzene rings is 2. The molecule has 12 heteroatoms. The molecule has 1 aliphatic carbocycles. The van der Waals surface area contributed by atoms with Crippen LogP contribution in [0.5, 0.6) is 23.1 Å². The van der Waals surface area contributed by atoms with E-state index in [4.69, 9.17) is 23.7 Å². The molecule has 1 saturated carbocycles. The topological polar surface area (TPSA) is 117 Å². The van der Waals surface area contributed by atoms with Gasteiger partial charge in [0.2, 0.25) is 17.4 Å². The summed E-state index contributed by atoms with van der Waals surface area (Å²) in [6.45, 7) is 3.39. The number of hydrogen-bond donors (Lipinski definition) is 0. The van der Waals surface area contributed by atoms with Gasteiger partial charge in [-0.25, -0.2) is 0 Å². The second kappa shape index (κ2) is 13.7. The van der Waals surface area contributed by atoms with Gasteiger partial charge in [-0.15, -0.1) is 0 Å². The van der Waals surface area contributed by atoms with Gasteiger partial charge in [0.25, 0.3) is 11.8 Å². The second-order valence-corrected chi connectivity index (χ2v) is 9.24. The maximum atomic E-state index is 15.6. The first-order chi connectivity index (χ1) is 20.2. The molecular weight excluding hydrogens is 557 g/mol. The molecule has 0 amide bonds. The first kappa shape index (κ1) is 30.2. The molecule has 1 aliphatic rings. The smallest absolute Gasteiger partial charge is 0.309 e. The Morgan fingerprint density at radius 3 is 2.17 bits per heavy atom. The van der Waals surface area contributed by atoms with Crippen molar-refractivity contribution >= 4 is 11.9 Å².